The van der Waals surface area contributed by atoms with Gasteiger partial charge in [-0.2, -0.15) is 5.10 Å². The van der Waals surface area contributed by atoms with Crippen LogP contribution >= 0.6 is 12.2 Å². The van der Waals surface area contributed by atoms with E-state index in [1.54, 1.807) is 7.05 Å². The number of benzene rings is 1. The number of rotatable bonds is 2. The maximum atomic E-state index is 12.7. The van der Waals surface area contributed by atoms with Crippen LogP contribution in [0, 0.1) is 11.6 Å². The van der Waals surface area contributed by atoms with Crippen molar-refractivity contribution in [3.8, 4) is 0 Å². The fraction of sp³-hybridized carbons (Fsp3) is 0.111. The molecule has 0 saturated carbocycles. The van der Waals surface area contributed by atoms with Gasteiger partial charge in [-0.25, -0.2) is 8.78 Å². The Morgan fingerprint density at radius 2 is 2.13 bits per heavy atom. The molecular formula is C9H9F2N3S. The number of halogens is 2. The van der Waals surface area contributed by atoms with Crippen molar-refractivity contribution in [1.29, 1.82) is 0 Å². The molecule has 0 aromatic heterocycles. The second-order valence-electron chi connectivity index (χ2n) is 2.62. The number of nitrogens with one attached hydrogen (secondary N) is 2. The second-order valence-corrected chi connectivity index (χ2v) is 3.03. The highest BCUT2D eigenvalue weighted by atomic mass is 32.1. The van der Waals surface area contributed by atoms with Crippen molar-refractivity contribution in [2.24, 2.45) is 5.10 Å². The predicted octanol–water partition coefficient (Wildman–Crippen LogP) is 1.39. The zero-order valence-electron chi connectivity index (χ0n) is 7.92. The van der Waals surface area contributed by atoms with E-state index in [1.165, 1.54) is 12.3 Å². The molecule has 6 heteroatoms. The summed E-state index contributed by atoms with van der Waals surface area (Å²) in [5.74, 6) is -1.79. The van der Waals surface area contributed by atoms with Gasteiger partial charge in [-0.15, -0.1) is 0 Å². The van der Waals surface area contributed by atoms with E-state index in [-0.39, 0.29) is 0 Å². The van der Waals surface area contributed by atoms with Crippen LogP contribution in [0.15, 0.2) is 23.3 Å². The first-order valence-corrected chi connectivity index (χ1v) is 4.50. The predicted molar refractivity (Wildman–Crippen MR) is 58.7 cm³/mol. The van der Waals surface area contributed by atoms with Gasteiger partial charge in [-0.3, -0.25) is 5.43 Å². The summed E-state index contributed by atoms with van der Waals surface area (Å²) in [7, 11) is 1.64. The second kappa shape index (κ2) is 5.35. The van der Waals surface area contributed by atoms with Gasteiger partial charge in [0.25, 0.3) is 0 Å². The largest absolute Gasteiger partial charge is 0.364 e. The van der Waals surface area contributed by atoms with Crippen molar-refractivity contribution < 1.29 is 8.78 Å². The van der Waals surface area contributed by atoms with Gasteiger partial charge in [0.2, 0.25) is 0 Å². The summed E-state index contributed by atoms with van der Waals surface area (Å²) in [5, 5.41) is 6.70. The monoisotopic (exact) mass is 229 g/mol. The molecule has 0 atom stereocenters. The SMILES string of the molecule is CNC(=S)N/N=C\c1ccc(F)c(F)c1. The molecule has 0 radical (unpaired) electrons. The Morgan fingerprint density at radius 1 is 1.40 bits per heavy atom. The number of hydrogen-bond donors (Lipinski definition) is 2. The zero-order valence-corrected chi connectivity index (χ0v) is 8.74. The molecule has 0 spiro atoms. The van der Waals surface area contributed by atoms with Crippen LogP contribution in [-0.4, -0.2) is 18.4 Å². The number of thiocarbonyl (C=S) groups is 1. The summed E-state index contributed by atoms with van der Waals surface area (Å²) in [4.78, 5) is 0. The van der Waals surface area contributed by atoms with E-state index in [1.807, 2.05) is 0 Å². The Balaban J connectivity index is 2.65. The maximum Gasteiger partial charge on any atom is 0.186 e. The molecule has 15 heavy (non-hydrogen) atoms. The summed E-state index contributed by atoms with van der Waals surface area (Å²) in [6.07, 6.45) is 1.34. The van der Waals surface area contributed by atoms with Crippen molar-refractivity contribution in [3.05, 3.63) is 35.4 Å². The van der Waals surface area contributed by atoms with Crippen LogP contribution in [0.4, 0.5) is 8.78 Å². The van der Waals surface area contributed by atoms with E-state index in [0.29, 0.717) is 10.7 Å². The van der Waals surface area contributed by atoms with Crippen LogP contribution in [0.3, 0.4) is 0 Å². The third-order valence-electron chi connectivity index (χ3n) is 1.55. The molecule has 1 rings (SSSR count). The minimum Gasteiger partial charge on any atom is -0.364 e. The minimum absolute atomic E-state index is 0.342. The molecule has 0 amide bonds. The first-order chi connectivity index (χ1) is 7.13. The lowest BCUT2D eigenvalue weighted by atomic mass is 10.2. The molecule has 0 aliphatic carbocycles. The fourth-order valence-electron chi connectivity index (χ4n) is 0.814. The van der Waals surface area contributed by atoms with Gasteiger partial charge in [-0.05, 0) is 29.9 Å². The minimum atomic E-state index is -0.907. The lowest BCUT2D eigenvalue weighted by molar-refractivity contribution is 0.508. The van der Waals surface area contributed by atoms with Gasteiger partial charge >= 0.3 is 0 Å². The number of nitrogens with zero attached hydrogens (tertiary/aromatic N) is 1. The molecule has 0 unspecified atom stereocenters. The van der Waals surface area contributed by atoms with Crippen LogP contribution in [0.2, 0.25) is 0 Å². The maximum absolute atomic E-state index is 12.7. The first-order valence-electron chi connectivity index (χ1n) is 4.09. The number of hydrogen-bond acceptors (Lipinski definition) is 2. The topological polar surface area (TPSA) is 36.4 Å². The number of hydrazone groups is 1. The molecule has 0 saturated heterocycles. The van der Waals surface area contributed by atoms with Crippen molar-refractivity contribution in [2.45, 2.75) is 0 Å². The average Bonchev–Trinajstić information content (AvgIpc) is 2.23. The Kier molecular flexibility index (Phi) is 4.11. The third-order valence-corrected chi connectivity index (χ3v) is 1.85. The zero-order chi connectivity index (χ0) is 11.3. The van der Waals surface area contributed by atoms with E-state index in [9.17, 15) is 8.78 Å². The highest BCUT2D eigenvalue weighted by Gasteiger charge is 2.00. The molecule has 2 N–H and O–H groups in total. The molecular weight excluding hydrogens is 220 g/mol. The van der Waals surface area contributed by atoms with Crippen molar-refractivity contribution >= 4 is 23.5 Å². The van der Waals surface area contributed by atoms with E-state index in [0.717, 1.165) is 12.1 Å². The van der Waals surface area contributed by atoms with Gasteiger partial charge in [-0.1, -0.05) is 6.07 Å². The van der Waals surface area contributed by atoms with Crippen molar-refractivity contribution in [3.63, 3.8) is 0 Å². The molecule has 1 aromatic carbocycles. The standard InChI is InChI=1S/C9H9F2N3S/c1-12-9(15)14-13-5-6-2-3-7(10)8(11)4-6/h2-5H,1H3,(H2,12,14,15)/b13-5-. The Hall–Kier alpha value is -1.56. The lowest BCUT2D eigenvalue weighted by Gasteiger charge is -1.99. The quantitative estimate of drug-likeness (QED) is 0.457. The highest BCUT2D eigenvalue weighted by molar-refractivity contribution is 7.80. The Labute approximate surface area is 91.2 Å². The van der Waals surface area contributed by atoms with E-state index >= 15 is 0 Å². The third kappa shape index (κ3) is 3.59. The van der Waals surface area contributed by atoms with Gasteiger partial charge in [0.05, 0.1) is 6.21 Å². The van der Waals surface area contributed by atoms with Crippen LogP contribution in [0.5, 0.6) is 0 Å². The molecule has 3 nitrogen and oxygen atoms in total. The van der Waals surface area contributed by atoms with Crippen LogP contribution in [0.25, 0.3) is 0 Å². The molecule has 80 valence electrons. The summed E-state index contributed by atoms with van der Waals surface area (Å²) in [6.45, 7) is 0. The van der Waals surface area contributed by atoms with Gasteiger partial charge in [0, 0.05) is 7.05 Å². The fourth-order valence-corrected chi connectivity index (χ4v) is 0.867. The normalized spacial score (nSPS) is 10.3. The summed E-state index contributed by atoms with van der Waals surface area (Å²) in [6, 6.07) is 3.49. The van der Waals surface area contributed by atoms with Gasteiger partial charge in [0.1, 0.15) is 0 Å². The Bertz CT molecular complexity index is 393. The smallest absolute Gasteiger partial charge is 0.186 e. The summed E-state index contributed by atoms with van der Waals surface area (Å²) < 4.78 is 25.3. The lowest BCUT2D eigenvalue weighted by Crippen LogP contribution is -2.28. The summed E-state index contributed by atoms with van der Waals surface area (Å²) in [5.41, 5.74) is 2.93. The van der Waals surface area contributed by atoms with E-state index in [2.05, 4.69) is 15.8 Å². The van der Waals surface area contributed by atoms with Crippen LogP contribution in [-0.2, 0) is 0 Å². The van der Waals surface area contributed by atoms with E-state index < -0.39 is 11.6 Å². The Morgan fingerprint density at radius 3 is 2.73 bits per heavy atom. The van der Waals surface area contributed by atoms with E-state index in [4.69, 9.17) is 12.2 Å². The van der Waals surface area contributed by atoms with Gasteiger partial charge in [0.15, 0.2) is 16.7 Å². The molecule has 0 aliphatic heterocycles. The highest BCUT2D eigenvalue weighted by Crippen LogP contribution is 2.06. The van der Waals surface area contributed by atoms with Crippen molar-refractivity contribution in [1.82, 2.24) is 10.7 Å². The molecule has 0 heterocycles. The molecule has 0 fully saturated rings. The van der Waals surface area contributed by atoms with Crippen LogP contribution < -0.4 is 10.7 Å². The molecule has 0 aliphatic rings. The first kappa shape index (κ1) is 11.5. The summed E-state index contributed by atoms with van der Waals surface area (Å²) >= 11 is 4.75. The molecule has 0 bridgehead atoms. The van der Waals surface area contributed by atoms with Gasteiger partial charge < -0.3 is 5.32 Å². The average molecular weight is 229 g/mol. The molecule has 1 aromatic rings. The van der Waals surface area contributed by atoms with Crippen LogP contribution in [0.1, 0.15) is 5.56 Å². The van der Waals surface area contributed by atoms with Crippen molar-refractivity contribution in [2.75, 3.05) is 7.05 Å².